The van der Waals surface area contributed by atoms with Crippen LogP contribution >= 0.6 is 0 Å². The molecule has 1 aliphatic carbocycles. The summed E-state index contributed by atoms with van der Waals surface area (Å²) in [5.74, 6) is 0.249. The van der Waals surface area contributed by atoms with Crippen LogP contribution in [-0.2, 0) is 10.3 Å². The minimum absolute atomic E-state index is 0.0167. The average Bonchev–Trinajstić information content (AvgIpc) is 3.23. The van der Waals surface area contributed by atoms with Crippen molar-refractivity contribution in [1.82, 2.24) is 15.5 Å². The van der Waals surface area contributed by atoms with Gasteiger partial charge in [-0.1, -0.05) is 30.1 Å². The summed E-state index contributed by atoms with van der Waals surface area (Å²) in [5.41, 5.74) is 5.64. The van der Waals surface area contributed by atoms with Crippen LogP contribution in [0.25, 0.3) is 0 Å². The minimum atomic E-state index is -0.584. The second-order valence-corrected chi connectivity index (χ2v) is 6.24. The van der Waals surface area contributed by atoms with Crippen molar-refractivity contribution >= 4 is 17.5 Å². The highest BCUT2D eigenvalue weighted by molar-refractivity contribution is 5.99. The number of carbonyl (C=O) groups is 2. The zero-order chi connectivity index (χ0) is 17.9. The van der Waals surface area contributed by atoms with Crippen LogP contribution in [0.15, 0.2) is 28.8 Å². The van der Waals surface area contributed by atoms with E-state index in [9.17, 15) is 9.59 Å². The fourth-order valence-electron chi connectivity index (χ4n) is 3.22. The van der Waals surface area contributed by atoms with Crippen molar-refractivity contribution in [3.8, 4) is 0 Å². The third-order valence-corrected chi connectivity index (χ3v) is 4.42. The van der Waals surface area contributed by atoms with E-state index >= 15 is 0 Å². The van der Waals surface area contributed by atoms with Gasteiger partial charge in [-0.3, -0.25) is 9.59 Å². The summed E-state index contributed by atoms with van der Waals surface area (Å²) in [6.07, 6.45) is 3.53. The average molecular weight is 343 g/mol. The molecule has 1 fully saturated rings. The van der Waals surface area contributed by atoms with Gasteiger partial charge in [-0.05, 0) is 25.0 Å². The molecule has 3 rings (SSSR count). The number of aryl methyl sites for hydroxylation is 1. The summed E-state index contributed by atoms with van der Waals surface area (Å²) in [5, 5.41) is 10.00. The van der Waals surface area contributed by atoms with E-state index in [1.165, 1.54) is 0 Å². The van der Waals surface area contributed by atoms with Crippen molar-refractivity contribution in [1.29, 1.82) is 0 Å². The minimum Gasteiger partial charge on any atom is -0.376 e. The van der Waals surface area contributed by atoms with E-state index in [1.54, 1.807) is 31.2 Å². The van der Waals surface area contributed by atoms with Gasteiger partial charge in [-0.25, -0.2) is 0 Å². The van der Waals surface area contributed by atoms with Crippen LogP contribution in [0.1, 0.15) is 47.8 Å². The van der Waals surface area contributed by atoms with Crippen molar-refractivity contribution < 1.29 is 14.1 Å². The molecule has 25 heavy (non-hydrogen) atoms. The predicted molar refractivity (Wildman–Crippen MR) is 90.8 cm³/mol. The first kappa shape index (κ1) is 16.9. The number of carbonyl (C=O) groups excluding carboxylic acids is 2. The second kappa shape index (κ2) is 6.92. The number of nitrogens with one attached hydrogen (secondary N) is 2. The van der Waals surface area contributed by atoms with Gasteiger partial charge in [0.05, 0.1) is 12.1 Å². The number of hydrogen-bond donors (Lipinski definition) is 3. The van der Waals surface area contributed by atoms with Crippen molar-refractivity contribution in [3.63, 3.8) is 0 Å². The van der Waals surface area contributed by atoms with Crippen molar-refractivity contribution in [3.05, 3.63) is 41.5 Å². The predicted octanol–water partition coefficient (Wildman–Crippen LogP) is 1.47. The van der Waals surface area contributed by atoms with Gasteiger partial charge in [0.15, 0.2) is 5.82 Å². The van der Waals surface area contributed by atoms with Gasteiger partial charge in [0.2, 0.25) is 11.8 Å². The molecular formula is C17H21N5O3. The van der Waals surface area contributed by atoms with Gasteiger partial charge in [-0.15, -0.1) is 0 Å². The van der Waals surface area contributed by atoms with Crippen LogP contribution in [0.2, 0.25) is 0 Å². The number of primary amides is 1. The number of anilines is 1. The Kier molecular flexibility index (Phi) is 4.69. The monoisotopic (exact) mass is 343 g/mol. The molecule has 0 aliphatic heterocycles. The Morgan fingerprint density at radius 3 is 2.64 bits per heavy atom. The van der Waals surface area contributed by atoms with Crippen LogP contribution in [0.4, 0.5) is 5.69 Å². The lowest BCUT2D eigenvalue weighted by molar-refractivity contribution is -0.121. The summed E-state index contributed by atoms with van der Waals surface area (Å²) in [6.45, 7) is 1.74. The first-order valence-electron chi connectivity index (χ1n) is 8.25. The number of nitrogens with two attached hydrogens (primary N) is 1. The lowest BCUT2D eigenvalue weighted by atomic mass is 9.96. The van der Waals surface area contributed by atoms with Crippen LogP contribution in [0.5, 0.6) is 0 Å². The molecule has 0 radical (unpaired) electrons. The number of rotatable bonds is 6. The van der Waals surface area contributed by atoms with E-state index in [1.807, 2.05) is 0 Å². The molecule has 2 amide bonds. The van der Waals surface area contributed by atoms with E-state index in [0.717, 1.165) is 25.7 Å². The van der Waals surface area contributed by atoms with E-state index in [4.69, 9.17) is 10.3 Å². The Hall–Kier alpha value is -2.90. The number of aromatic nitrogens is 2. The maximum absolute atomic E-state index is 12.5. The highest BCUT2D eigenvalue weighted by atomic mass is 16.5. The fraction of sp³-hybridized carbons (Fsp3) is 0.412. The molecule has 0 bridgehead atoms. The molecule has 0 spiro atoms. The number of nitrogens with zero attached hydrogens (tertiary/aromatic N) is 2. The molecule has 0 atom stereocenters. The first-order valence-corrected chi connectivity index (χ1v) is 8.25. The lowest BCUT2D eigenvalue weighted by Gasteiger charge is -2.27. The second-order valence-electron chi connectivity index (χ2n) is 6.24. The van der Waals surface area contributed by atoms with Crippen LogP contribution in [-0.4, -0.2) is 28.5 Å². The third kappa shape index (κ3) is 3.62. The van der Waals surface area contributed by atoms with Crippen molar-refractivity contribution in [2.75, 3.05) is 11.9 Å². The van der Waals surface area contributed by atoms with Crippen molar-refractivity contribution in [2.45, 2.75) is 38.1 Å². The molecule has 1 aromatic carbocycles. The summed E-state index contributed by atoms with van der Waals surface area (Å²) in [6, 6.07) is 6.81. The zero-order valence-corrected chi connectivity index (χ0v) is 14.0. The molecule has 8 nitrogen and oxygen atoms in total. The van der Waals surface area contributed by atoms with Gasteiger partial charge in [0.25, 0.3) is 5.91 Å². The first-order chi connectivity index (χ1) is 12.0. The van der Waals surface area contributed by atoms with Crippen LogP contribution < -0.4 is 16.4 Å². The molecule has 1 saturated carbocycles. The maximum atomic E-state index is 12.5. The summed E-state index contributed by atoms with van der Waals surface area (Å²) < 4.78 is 5.08. The molecular weight excluding hydrogens is 322 g/mol. The molecule has 1 heterocycles. The highest BCUT2D eigenvalue weighted by Crippen LogP contribution is 2.37. The van der Waals surface area contributed by atoms with E-state index in [0.29, 0.717) is 23.0 Å². The van der Waals surface area contributed by atoms with Crippen LogP contribution in [0.3, 0.4) is 0 Å². The molecule has 4 N–H and O–H groups in total. The molecule has 2 aromatic rings. The Bertz CT molecular complexity index is 780. The molecule has 0 saturated heterocycles. The molecule has 132 valence electrons. The van der Waals surface area contributed by atoms with Gasteiger partial charge < -0.3 is 20.9 Å². The van der Waals surface area contributed by atoms with Gasteiger partial charge in [-0.2, -0.15) is 4.98 Å². The van der Waals surface area contributed by atoms with Crippen molar-refractivity contribution in [2.24, 2.45) is 5.73 Å². The molecule has 0 unspecified atom stereocenters. The quantitative estimate of drug-likeness (QED) is 0.730. The maximum Gasteiger partial charge on any atom is 0.250 e. The largest absolute Gasteiger partial charge is 0.376 e. The summed E-state index contributed by atoms with van der Waals surface area (Å²) in [7, 11) is 0. The summed E-state index contributed by atoms with van der Waals surface area (Å²) in [4.78, 5) is 28.2. The Balaban J connectivity index is 1.68. The summed E-state index contributed by atoms with van der Waals surface area (Å²) >= 11 is 0. The van der Waals surface area contributed by atoms with Gasteiger partial charge >= 0.3 is 0 Å². The number of amides is 2. The van der Waals surface area contributed by atoms with Gasteiger partial charge in [0.1, 0.15) is 5.54 Å². The topological polar surface area (TPSA) is 123 Å². The van der Waals surface area contributed by atoms with Crippen LogP contribution in [0, 0.1) is 6.92 Å². The standard InChI is InChI=1S/C17H21N5O3/c1-11-20-16(22-25-11)17(8-4-5-9-17)21-14(23)10-19-13-7-3-2-6-12(13)15(18)24/h2-3,6-7,19H,4-5,8-10H2,1H3,(H2,18,24)(H,21,23). The molecule has 8 heteroatoms. The lowest BCUT2D eigenvalue weighted by Crippen LogP contribution is -2.46. The number of para-hydroxylation sites is 1. The van der Waals surface area contributed by atoms with E-state index < -0.39 is 11.4 Å². The van der Waals surface area contributed by atoms with E-state index in [2.05, 4.69) is 20.8 Å². The van der Waals surface area contributed by atoms with E-state index in [-0.39, 0.29) is 12.5 Å². The Morgan fingerprint density at radius 1 is 1.28 bits per heavy atom. The smallest absolute Gasteiger partial charge is 0.250 e. The fourth-order valence-corrected chi connectivity index (χ4v) is 3.22. The number of benzene rings is 1. The Labute approximate surface area is 145 Å². The third-order valence-electron chi connectivity index (χ3n) is 4.42. The number of hydrogen-bond acceptors (Lipinski definition) is 6. The highest BCUT2D eigenvalue weighted by Gasteiger charge is 2.41. The molecule has 1 aromatic heterocycles. The molecule has 1 aliphatic rings. The SMILES string of the molecule is Cc1nc(C2(NC(=O)CNc3ccccc3C(N)=O)CCCC2)no1. The zero-order valence-electron chi connectivity index (χ0n) is 14.0. The van der Waals surface area contributed by atoms with Gasteiger partial charge in [0, 0.05) is 12.6 Å². The Morgan fingerprint density at radius 2 is 2.00 bits per heavy atom. The normalized spacial score (nSPS) is 15.7.